The van der Waals surface area contributed by atoms with Gasteiger partial charge in [0.15, 0.2) is 0 Å². The number of hydrogen-bond acceptors (Lipinski definition) is 6. The van der Waals surface area contributed by atoms with E-state index in [2.05, 4.69) is 4.90 Å². The molecular formula is C25H24N4O5. The molecule has 1 spiro atoms. The highest BCUT2D eigenvalue weighted by atomic mass is 16.6. The van der Waals surface area contributed by atoms with Gasteiger partial charge >= 0.3 is 0 Å². The molecule has 3 fully saturated rings. The quantitative estimate of drug-likeness (QED) is 0.396. The molecule has 0 N–H and O–H groups in total. The third kappa shape index (κ3) is 2.30. The van der Waals surface area contributed by atoms with Crippen molar-refractivity contribution < 1.29 is 19.3 Å². The third-order valence-electron chi connectivity index (χ3n) is 8.09. The maximum Gasteiger partial charge on any atom is 0.269 e. The average molecular weight is 460 g/mol. The van der Waals surface area contributed by atoms with Crippen LogP contribution in [0, 0.1) is 28.9 Å². The first-order chi connectivity index (χ1) is 16.3. The van der Waals surface area contributed by atoms with E-state index in [9.17, 15) is 24.5 Å². The van der Waals surface area contributed by atoms with Gasteiger partial charge in [0.2, 0.25) is 11.8 Å². The van der Waals surface area contributed by atoms with E-state index >= 15 is 0 Å². The standard InChI is InChI=1S/C25H24N4O5/c1-3-26-18-8-5-4-7-16(18)25(24(26)32)21-20(19-9-6-12-27(19)25)22(30)28(23(21)31)17-11-10-15(29(33)34)13-14(17)2/h4-5,7-8,10-11,13,19-21H,3,6,9,12H2,1-2H3/t19-,20-,21+,25-/m1/s1. The highest BCUT2D eigenvalue weighted by molar-refractivity contribution is 6.26. The highest BCUT2D eigenvalue weighted by Crippen LogP contribution is 2.61. The first-order valence-electron chi connectivity index (χ1n) is 11.6. The zero-order valence-electron chi connectivity index (χ0n) is 18.9. The fourth-order valence-corrected chi connectivity index (χ4v) is 6.90. The Balaban J connectivity index is 1.54. The summed E-state index contributed by atoms with van der Waals surface area (Å²) in [5.74, 6) is -2.31. The number of aryl methyl sites for hydroxylation is 1. The van der Waals surface area contributed by atoms with E-state index in [-0.39, 0.29) is 23.5 Å². The summed E-state index contributed by atoms with van der Waals surface area (Å²) >= 11 is 0. The minimum Gasteiger partial charge on any atom is -0.310 e. The normalized spacial score (nSPS) is 29.8. The highest BCUT2D eigenvalue weighted by Gasteiger charge is 2.75. The molecule has 2 aromatic rings. The summed E-state index contributed by atoms with van der Waals surface area (Å²) in [5, 5.41) is 11.2. The number of benzene rings is 2. The Hall–Kier alpha value is -3.59. The van der Waals surface area contributed by atoms with Gasteiger partial charge < -0.3 is 4.90 Å². The number of imide groups is 1. The fraction of sp³-hybridized carbons (Fsp3) is 0.400. The van der Waals surface area contributed by atoms with Crippen LogP contribution in [0.15, 0.2) is 42.5 Å². The molecule has 4 heterocycles. The number of anilines is 2. The molecule has 3 saturated heterocycles. The van der Waals surface area contributed by atoms with Crippen LogP contribution in [-0.2, 0) is 19.9 Å². The van der Waals surface area contributed by atoms with Crippen LogP contribution < -0.4 is 9.80 Å². The number of carbonyl (C=O) groups is 3. The van der Waals surface area contributed by atoms with Crippen molar-refractivity contribution in [3.05, 3.63) is 63.7 Å². The van der Waals surface area contributed by atoms with Crippen LogP contribution in [0.25, 0.3) is 0 Å². The van der Waals surface area contributed by atoms with Crippen molar-refractivity contribution in [1.29, 1.82) is 0 Å². The lowest BCUT2D eigenvalue weighted by Gasteiger charge is -2.37. The van der Waals surface area contributed by atoms with Crippen LogP contribution >= 0.6 is 0 Å². The SMILES string of the molecule is CCN1C(=O)[C@@]2(c3ccccc31)[C@@H]1C(=O)N(c3ccc([N+](=O)[O-])cc3C)C(=O)[C@@H]1[C@H]1CCCN12. The van der Waals surface area contributed by atoms with Gasteiger partial charge in [-0.25, -0.2) is 4.90 Å². The van der Waals surface area contributed by atoms with E-state index in [4.69, 9.17) is 0 Å². The lowest BCUT2D eigenvalue weighted by Crippen LogP contribution is -2.56. The van der Waals surface area contributed by atoms with Crippen molar-refractivity contribution in [3.63, 3.8) is 0 Å². The van der Waals surface area contributed by atoms with Crippen molar-refractivity contribution in [2.24, 2.45) is 11.8 Å². The third-order valence-corrected chi connectivity index (χ3v) is 8.09. The number of nitrogens with zero attached hydrogens (tertiary/aromatic N) is 4. The zero-order valence-corrected chi connectivity index (χ0v) is 18.9. The number of likely N-dealkylation sites (N-methyl/N-ethyl adjacent to an activating group) is 1. The molecule has 4 aliphatic heterocycles. The van der Waals surface area contributed by atoms with Gasteiger partial charge in [0, 0.05) is 36.0 Å². The second kappa shape index (κ2) is 6.96. The van der Waals surface area contributed by atoms with Crippen LogP contribution in [-0.4, -0.2) is 46.7 Å². The summed E-state index contributed by atoms with van der Waals surface area (Å²) in [7, 11) is 0. The molecule has 0 aromatic heterocycles. The molecule has 0 saturated carbocycles. The molecule has 2 aromatic carbocycles. The van der Waals surface area contributed by atoms with Gasteiger partial charge in [-0.3, -0.25) is 29.4 Å². The first kappa shape index (κ1) is 21.0. The van der Waals surface area contributed by atoms with E-state index in [1.54, 1.807) is 11.8 Å². The summed E-state index contributed by atoms with van der Waals surface area (Å²) in [6, 6.07) is 11.5. The maximum atomic E-state index is 14.1. The number of amides is 3. The van der Waals surface area contributed by atoms with Crippen molar-refractivity contribution in [3.8, 4) is 0 Å². The second-order valence-corrected chi connectivity index (χ2v) is 9.48. The van der Waals surface area contributed by atoms with Crippen LogP contribution in [0.1, 0.15) is 30.9 Å². The van der Waals surface area contributed by atoms with Crippen LogP contribution in [0.3, 0.4) is 0 Å². The van der Waals surface area contributed by atoms with E-state index in [0.717, 1.165) is 24.1 Å². The lowest BCUT2D eigenvalue weighted by molar-refractivity contribution is -0.384. The predicted octanol–water partition coefficient (Wildman–Crippen LogP) is 2.75. The smallest absolute Gasteiger partial charge is 0.269 e. The Morgan fingerprint density at radius 2 is 1.85 bits per heavy atom. The Labute approximate surface area is 196 Å². The summed E-state index contributed by atoms with van der Waals surface area (Å²) < 4.78 is 0. The predicted molar refractivity (Wildman–Crippen MR) is 123 cm³/mol. The number of para-hydroxylation sites is 1. The van der Waals surface area contributed by atoms with E-state index in [1.807, 2.05) is 31.2 Å². The molecule has 9 heteroatoms. The number of fused-ring (bicyclic) bond motifs is 7. The Bertz CT molecular complexity index is 1290. The van der Waals surface area contributed by atoms with Crippen molar-refractivity contribution in [1.82, 2.24) is 4.90 Å². The van der Waals surface area contributed by atoms with Gasteiger partial charge in [-0.05, 0) is 50.9 Å². The van der Waals surface area contributed by atoms with E-state index in [1.165, 1.54) is 23.1 Å². The van der Waals surface area contributed by atoms with Gasteiger partial charge in [0.1, 0.15) is 5.54 Å². The molecule has 34 heavy (non-hydrogen) atoms. The molecule has 174 valence electrons. The molecule has 0 unspecified atom stereocenters. The van der Waals surface area contributed by atoms with Gasteiger partial charge in [0.05, 0.1) is 22.4 Å². The monoisotopic (exact) mass is 460 g/mol. The lowest BCUT2D eigenvalue weighted by atomic mass is 9.75. The summed E-state index contributed by atoms with van der Waals surface area (Å²) in [4.78, 5) is 57.8. The average Bonchev–Trinajstić information content (AvgIpc) is 3.52. The van der Waals surface area contributed by atoms with Gasteiger partial charge in [0.25, 0.3) is 11.6 Å². The van der Waals surface area contributed by atoms with E-state index in [0.29, 0.717) is 24.3 Å². The molecule has 0 bridgehead atoms. The molecule has 4 aliphatic rings. The van der Waals surface area contributed by atoms with Crippen LogP contribution in [0.4, 0.5) is 17.1 Å². The molecular weight excluding hydrogens is 436 g/mol. The number of nitro benzene ring substituents is 1. The van der Waals surface area contributed by atoms with Gasteiger partial charge in [-0.2, -0.15) is 0 Å². The number of hydrogen-bond donors (Lipinski definition) is 0. The Kier molecular flexibility index (Phi) is 4.29. The molecule has 0 radical (unpaired) electrons. The number of nitro groups is 1. The molecule has 9 nitrogen and oxygen atoms in total. The van der Waals surface area contributed by atoms with E-state index < -0.39 is 28.2 Å². The summed E-state index contributed by atoms with van der Waals surface area (Å²) in [6.07, 6.45) is 1.60. The molecule has 0 aliphatic carbocycles. The summed E-state index contributed by atoms with van der Waals surface area (Å²) in [6.45, 7) is 4.70. The van der Waals surface area contributed by atoms with Crippen molar-refractivity contribution >= 4 is 34.8 Å². The van der Waals surface area contributed by atoms with Gasteiger partial charge in [-0.1, -0.05) is 18.2 Å². The first-order valence-corrected chi connectivity index (χ1v) is 11.6. The van der Waals surface area contributed by atoms with Crippen molar-refractivity contribution in [2.45, 2.75) is 38.3 Å². The fourth-order valence-electron chi connectivity index (χ4n) is 6.90. The Morgan fingerprint density at radius 3 is 2.56 bits per heavy atom. The minimum atomic E-state index is -1.20. The zero-order chi connectivity index (χ0) is 23.9. The maximum absolute atomic E-state index is 14.1. The van der Waals surface area contributed by atoms with Crippen LogP contribution in [0.2, 0.25) is 0 Å². The second-order valence-electron chi connectivity index (χ2n) is 9.48. The molecule has 6 rings (SSSR count). The number of rotatable bonds is 3. The molecule has 4 atom stereocenters. The number of non-ortho nitro benzene ring substituents is 1. The van der Waals surface area contributed by atoms with Crippen LogP contribution in [0.5, 0.6) is 0 Å². The topological polar surface area (TPSA) is 104 Å². The van der Waals surface area contributed by atoms with Gasteiger partial charge in [-0.15, -0.1) is 0 Å². The minimum absolute atomic E-state index is 0.0996. The molecule has 3 amide bonds. The van der Waals surface area contributed by atoms with Crippen molar-refractivity contribution in [2.75, 3.05) is 22.9 Å². The largest absolute Gasteiger partial charge is 0.310 e. The Morgan fingerprint density at radius 1 is 1.09 bits per heavy atom. The summed E-state index contributed by atoms with van der Waals surface area (Å²) in [5.41, 5.74) is 1.12. The number of carbonyl (C=O) groups excluding carboxylic acids is 3.